The number of carbonyl (C=O) groups excluding carboxylic acids is 1. The highest BCUT2D eigenvalue weighted by Gasteiger charge is 2.27. The Kier molecular flexibility index (Phi) is 6.31. The van der Waals surface area contributed by atoms with Crippen LogP contribution in [0, 0.1) is 0 Å². The summed E-state index contributed by atoms with van der Waals surface area (Å²) in [7, 11) is 0.506. The number of rotatable bonds is 7. The maximum atomic E-state index is 12.6. The van der Waals surface area contributed by atoms with E-state index in [9.17, 15) is 13.2 Å². The maximum Gasteiger partial charge on any atom is 0.251 e. The van der Waals surface area contributed by atoms with Crippen LogP contribution in [0.4, 0.5) is 0 Å². The molecule has 1 N–H and O–H groups in total. The molecule has 1 saturated heterocycles. The van der Waals surface area contributed by atoms with Crippen LogP contribution in [0.3, 0.4) is 0 Å². The normalized spacial score (nSPS) is 16.6. The van der Waals surface area contributed by atoms with Gasteiger partial charge in [-0.15, -0.1) is 0 Å². The lowest BCUT2D eigenvalue weighted by Crippen LogP contribution is -2.34. The molecule has 2 heterocycles. The Bertz CT molecular complexity index is 856. The molecule has 3 rings (SSSR count). The number of nitrogens with zero attached hydrogens (tertiary/aromatic N) is 2. The first-order valence-corrected chi connectivity index (χ1v) is 11.3. The lowest BCUT2D eigenvalue weighted by atomic mass is 10.1. The van der Waals surface area contributed by atoms with Gasteiger partial charge >= 0.3 is 0 Å². The minimum Gasteiger partial charge on any atom is -0.350 e. The number of sulfonamides is 1. The smallest absolute Gasteiger partial charge is 0.251 e. The summed E-state index contributed by atoms with van der Waals surface area (Å²) in [6, 6.07) is 8.34. The number of carbonyl (C=O) groups is 1. The first-order valence-electron chi connectivity index (χ1n) is 8.96. The molecular formula is C19H25N3O3S2. The van der Waals surface area contributed by atoms with E-state index in [1.165, 1.54) is 16.4 Å². The monoisotopic (exact) mass is 407 g/mol. The molecule has 0 bridgehead atoms. The van der Waals surface area contributed by atoms with E-state index >= 15 is 0 Å². The fraction of sp³-hybridized carbons (Fsp3) is 0.421. The quantitative estimate of drug-likeness (QED) is 0.766. The third kappa shape index (κ3) is 4.57. The topological polar surface area (TPSA) is 69.7 Å². The largest absolute Gasteiger partial charge is 0.350 e. The highest BCUT2D eigenvalue weighted by Crippen LogP contribution is 2.22. The first-order chi connectivity index (χ1) is 12.9. The van der Waals surface area contributed by atoms with E-state index in [1.807, 2.05) is 19.5 Å². The minimum atomic E-state index is -3.45. The molecule has 1 aliphatic rings. The van der Waals surface area contributed by atoms with Crippen LogP contribution in [-0.4, -0.2) is 57.3 Å². The Labute approximate surface area is 164 Å². The number of benzene rings is 1. The van der Waals surface area contributed by atoms with Crippen molar-refractivity contribution in [1.29, 1.82) is 0 Å². The van der Waals surface area contributed by atoms with Crippen LogP contribution < -0.4 is 5.32 Å². The number of likely N-dealkylation sites (N-methyl/N-ethyl adjacent to an activating group) is 1. The Balaban J connectivity index is 1.65. The minimum absolute atomic E-state index is 0.0926. The van der Waals surface area contributed by atoms with Crippen LogP contribution in [0.5, 0.6) is 0 Å². The molecule has 0 saturated carbocycles. The van der Waals surface area contributed by atoms with Crippen LogP contribution in [0.15, 0.2) is 46.0 Å². The van der Waals surface area contributed by atoms with Gasteiger partial charge in [0.15, 0.2) is 0 Å². The third-order valence-electron chi connectivity index (χ3n) is 4.83. The van der Waals surface area contributed by atoms with Gasteiger partial charge in [0.1, 0.15) is 0 Å². The van der Waals surface area contributed by atoms with Crippen molar-refractivity contribution >= 4 is 27.3 Å². The molecule has 2 aromatic rings. The van der Waals surface area contributed by atoms with E-state index in [0.717, 1.165) is 18.4 Å². The van der Waals surface area contributed by atoms with Crippen molar-refractivity contribution in [3.63, 3.8) is 0 Å². The van der Waals surface area contributed by atoms with Crippen molar-refractivity contribution in [2.45, 2.75) is 23.8 Å². The van der Waals surface area contributed by atoms with Gasteiger partial charge in [0, 0.05) is 25.2 Å². The maximum absolute atomic E-state index is 12.6. The van der Waals surface area contributed by atoms with Crippen molar-refractivity contribution in [1.82, 2.24) is 14.5 Å². The van der Waals surface area contributed by atoms with Crippen molar-refractivity contribution < 1.29 is 13.2 Å². The molecule has 0 spiro atoms. The average molecular weight is 408 g/mol. The zero-order valence-corrected chi connectivity index (χ0v) is 17.2. The molecule has 1 atom stereocenters. The van der Waals surface area contributed by atoms with Gasteiger partial charge in [0.05, 0.1) is 10.9 Å². The second-order valence-corrected chi connectivity index (χ2v) is 9.60. The molecule has 1 aromatic heterocycles. The van der Waals surface area contributed by atoms with Crippen molar-refractivity contribution in [3.05, 3.63) is 52.2 Å². The highest BCUT2D eigenvalue weighted by atomic mass is 32.2. The molecular weight excluding hydrogens is 382 g/mol. The number of hydrogen-bond acceptors (Lipinski definition) is 5. The van der Waals surface area contributed by atoms with Gasteiger partial charge in [-0.05, 0) is 73.6 Å². The van der Waals surface area contributed by atoms with Crippen LogP contribution in [-0.2, 0) is 10.0 Å². The average Bonchev–Trinajstić information content (AvgIpc) is 3.36. The second kappa shape index (κ2) is 8.52. The van der Waals surface area contributed by atoms with Crippen LogP contribution >= 0.6 is 11.3 Å². The van der Waals surface area contributed by atoms with Crippen LogP contribution in [0.2, 0.25) is 0 Å². The van der Waals surface area contributed by atoms with Gasteiger partial charge in [-0.1, -0.05) is 0 Å². The Morgan fingerprint density at radius 1 is 1.19 bits per heavy atom. The van der Waals surface area contributed by atoms with E-state index in [0.29, 0.717) is 25.2 Å². The summed E-state index contributed by atoms with van der Waals surface area (Å²) in [5.74, 6) is -0.206. The molecule has 0 radical (unpaired) electrons. The van der Waals surface area contributed by atoms with Gasteiger partial charge < -0.3 is 10.2 Å². The summed E-state index contributed by atoms with van der Waals surface area (Å²) >= 11 is 1.63. The zero-order valence-electron chi connectivity index (χ0n) is 15.6. The van der Waals surface area contributed by atoms with E-state index in [2.05, 4.69) is 21.7 Å². The number of nitrogens with one attached hydrogen (secondary N) is 1. The van der Waals surface area contributed by atoms with Crippen molar-refractivity contribution in [3.8, 4) is 0 Å². The summed E-state index contributed by atoms with van der Waals surface area (Å²) in [6.07, 6.45) is 1.80. The van der Waals surface area contributed by atoms with Crippen molar-refractivity contribution in [2.24, 2.45) is 0 Å². The molecule has 8 heteroatoms. The number of thiophene rings is 1. The zero-order chi connectivity index (χ0) is 19.4. The van der Waals surface area contributed by atoms with E-state index in [4.69, 9.17) is 0 Å². The fourth-order valence-corrected chi connectivity index (χ4v) is 5.43. The van der Waals surface area contributed by atoms with E-state index in [1.54, 1.807) is 23.5 Å². The molecule has 6 nitrogen and oxygen atoms in total. The standard InChI is InChI=1S/C19H25N3O3S2/c1-21(2)18(16-9-12-26-14-16)13-20-19(23)15-5-7-17(8-6-15)27(24,25)22-10-3-4-11-22/h5-9,12,14,18H,3-4,10-11,13H2,1-2H3,(H,20,23). The Hall–Kier alpha value is -1.74. The third-order valence-corrected chi connectivity index (χ3v) is 7.44. The molecule has 146 valence electrons. The molecule has 1 unspecified atom stereocenters. The van der Waals surface area contributed by atoms with Gasteiger partial charge in [-0.25, -0.2) is 8.42 Å². The molecule has 1 aliphatic heterocycles. The van der Waals surface area contributed by atoms with Gasteiger partial charge in [0.2, 0.25) is 10.0 Å². The summed E-state index contributed by atoms with van der Waals surface area (Å²) in [5.41, 5.74) is 1.62. The molecule has 1 aromatic carbocycles. The number of amides is 1. The van der Waals surface area contributed by atoms with Crippen LogP contribution in [0.25, 0.3) is 0 Å². The second-order valence-electron chi connectivity index (χ2n) is 6.88. The molecule has 27 heavy (non-hydrogen) atoms. The van der Waals surface area contributed by atoms with E-state index in [-0.39, 0.29) is 16.8 Å². The SMILES string of the molecule is CN(C)C(CNC(=O)c1ccc(S(=O)(=O)N2CCCC2)cc1)c1ccsc1. The first kappa shape index (κ1) is 20.0. The van der Waals surface area contributed by atoms with Crippen LogP contribution in [0.1, 0.15) is 34.8 Å². The summed E-state index contributed by atoms with van der Waals surface area (Å²) in [6.45, 7) is 1.62. The summed E-state index contributed by atoms with van der Waals surface area (Å²) < 4.78 is 26.6. The Morgan fingerprint density at radius 2 is 1.85 bits per heavy atom. The van der Waals surface area contributed by atoms with Gasteiger partial charge in [-0.3, -0.25) is 4.79 Å². The summed E-state index contributed by atoms with van der Waals surface area (Å²) in [4.78, 5) is 14.8. The predicted octanol–water partition coefficient (Wildman–Crippen LogP) is 2.57. The van der Waals surface area contributed by atoms with Gasteiger partial charge in [-0.2, -0.15) is 15.6 Å². The lowest BCUT2D eigenvalue weighted by molar-refractivity contribution is 0.0942. The number of hydrogen-bond donors (Lipinski definition) is 1. The lowest BCUT2D eigenvalue weighted by Gasteiger charge is -2.24. The highest BCUT2D eigenvalue weighted by molar-refractivity contribution is 7.89. The summed E-state index contributed by atoms with van der Waals surface area (Å²) in [5, 5.41) is 7.05. The molecule has 1 amide bonds. The van der Waals surface area contributed by atoms with E-state index < -0.39 is 10.0 Å². The van der Waals surface area contributed by atoms with Gasteiger partial charge in [0.25, 0.3) is 5.91 Å². The fourth-order valence-electron chi connectivity index (χ4n) is 3.21. The van der Waals surface area contributed by atoms with Crippen molar-refractivity contribution in [2.75, 3.05) is 33.7 Å². The Morgan fingerprint density at radius 3 is 2.41 bits per heavy atom. The molecule has 0 aliphatic carbocycles. The predicted molar refractivity (Wildman–Crippen MR) is 108 cm³/mol. The molecule has 1 fully saturated rings.